The van der Waals surface area contributed by atoms with Crippen LogP contribution in [0.5, 0.6) is 6.01 Å². The molecular formula is C34H34F6N6O2S. The largest absolute Gasteiger partial charge is 0.467 e. The van der Waals surface area contributed by atoms with E-state index in [1.54, 1.807) is 0 Å². The second-order valence-corrected chi connectivity index (χ2v) is 14.3. The van der Waals surface area contributed by atoms with Gasteiger partial charge in [0.25, 0.3) is 0 Å². The first-order chi connectivity index (χ1) is 23.4. The van der Waals surface area contributed by atoms with Crippen LogP contribution in [0.3, 0.4) is 0 Å². The summed E-state index contributed by atoms with van der Waals surface area (Å²) in [4.78, 5) is 12.5. The van der Waals surface area contributed by atoms with Gasteiger partial charge in [0.15, 0.2) is 5.82 Å². The standard InChI is InChI=1S/C27H22F5N5O2S.C7H12FN/c1-39-26-35-22-14(25(36-26)37-8-11-2-3-12(9-37)16(11)10-38)6-17(27(30,31)32)20(21(22)29)13-4-5-18(28)23-19(13)15(7-33)24(34)40-23;8-6-4-7-2-1-3-9(7)5-6/h4-6,11-12,16,38H,2-3,8-10,34H2,1H3;6-7H,1-5H2. The van der Waals surface area contributed by atoms with Gasteiger partial charge < -0.3 is 20.5 Å². The minimum atomic E-state index is -5.03. The number of ether oxygens (including phenoxy) is 1. The highest BCUT2D eigenvalue weighted by Crippen LogP contribution is 2.49. The van der Waals surface area contributed by atoms with Gasteiger partial charge in [-0.05, 0) is 74.1 Å². The lowest BCUT2D eigenvalue weighted by Crippen LogP contribution is -2.43. The Morgan fingerprint density at radius 1 is 1.12 bits per heavy atom. The Balaban J connectivity index is 0.000000361. The number of hydrogen-bond acceptors (Lipinski definition) is 9. The van der Waals surface area contributed by atoms with E-state index in [9.17, 15) is 32.3 Å². The van der Waals surface area contributed by atoms with Crippen LogP contribution in [0.15, 0.2) is 18.2 Å². The third-order valence-electron chi connectivity index (χ3n) is 10.6. The van der Waals surface area contributed by atoms with Crippen LogP contribution in [0.2, 0.25) is 0 Å². The summed E-state index contributed by atoms with van der Waals surface area (Å²) >= 11 is 0.704. The van der Waals surface area contributed by atoms with Crippen LogP contribution in [0.1, 0.15) is 43.2 Å². The molecule has 3 saturated heterocycles. The first kappa shape index (κ1) is 33.6. The highest BCUT2D eigenvalue weighted by molar-refractivity contribution is 7.23. The molecule has 260 valence electrons. The van der Waals surface area contributed by atoms with Gasteiger partial charge in [-0.15, -0.1) is 11.3 Å². The molecular weight excluding hydrogens is 670 g/mol. The normalized spacial score (nSPS) is 25.0. The number of hydrogen-bond donors (Lipinski definition) is 2. The lowest BCUT2D eigenvalue weighted by molar-refractivity contribution is -0.137. The minimum absolute atomic E-state index is 0.0249. The maximum atomic E-state index is 16.5. The van der Waals surface area contributed by atoms with Gasteiger partial charge in [-0.3, -0.25) is 4.90 Å². The molecule has 0 radical (unpaired) electrons. The van der Waals surface area contributed by atoms with Crippen molar-refractivity contribution in [3.63, 3.8) is 0 Å². The van der Waals surface area contributed by atoms with Crippen molar-refractivity contribution in [2.45, 2.75) is 50.5 Å². The summed E-state index contributed by atoms with van der Waals surface area (Å²) in [5, 5.41) is 19.0. The number of alkyl halides is 4. The van der Waals surface area contributed by atoms with E-state index in [1.165, 1.54) is 20.0 Å². The summed E-state index contributed by atoms with van der Waals surface area (Å²) < 4.78 is 92.6. The molecule has 4 aromatic rings. The van der Waals surface area contributed by atoms with E-state index < -0.39 is 40.6 Å². The maximum absolute atomic E-state index is 16.5. The topological polar surface area (TPSA) is 112 Å². The Labute approximate surface area is 282 Å². The van der Waals surface area contributed by atoms with E-state index >= 15 is 4.39 Å². The molecule has 5 heterocycles. The Kier molecular flexibility index (Phi) is 8.77. The van der Waals surface area contributed by atoms with Crippen LogP contribution in [0, 0.1) is 40.7 Å². The number of fused-ring (bicyclic) bond motifs is 5. The van der Waals surface area contributed by atoms with Crippen LogP contribution < -0.4 is 15.4 Å². The van der Waals surface area contributed by atoms with Crippen LogP contribution in [0.25, 0.3) is 32.1 Å². The molecule has 1 aliphatic carbocycles. The molecule has 4 atom stereocenters. The number of halogens is 6. The number of methoxy groups -OCH3 is 1. The predicted octanol–water partition coefficient (Wildman–Crippen LogP) is 6.92. The zero-order valence-corrected chi connectivity index (χ0v) is 27.4. The van der Waals surface area contributed by atoms with Gasteiger partial charge in [-0.2, -0.15) is 28.4 Å². The van der Waals surface area contributed by atoms with E-state index in [1.807, 2.05) is 11.0 Å². The van der Waals surface area contributed by atoms with Crippen molar-refractivity contribution >= 4 is 43.1 Å². The van der Waals surface area contributed by atoms with Crippen molar-refractivity contribution in [2.24, 2.45) is 17.8 Å². The number of anilines is 2. The van der Waals surface area contributed by atoms with Crippen molar-refractivity contribution in [1.82, 2.24) is 14.9 Å². The van der Waals surface area contributed by atoms with Gasteiger partial charge in [0.05, 0.1) is 22.9 Å². The van der Waals surface area contributed by atoms with Gasteiger partial charge in [-0.1, -0.05) is 6.07 Å². The molecule has 3 N–H and O–H groups in total. The quantitative estimate of drug-likeness (QED) is 0.221. The zero-order chi connectivity index (χ0) is 34.8. The second-order valence-electron chi connectivity index (χ2n) is 13.3. The van der Waals surface area contributed by atoms with Gasteiger partial charge in [0.1, 0.15) is 34.4 Å². The number of nitrogens with zero attached hydrogens (tertiary/aromatic N) is 5. The smallest absolute Gasteiger partial charge is 0.417 e. The number of aromatic nitrogens is 2. The first-order valence-electron chi connectivity index (χ1n) is 16.2. The monoisotopic (exact) mass is 704 g/mol. The van der Waals surface area contributed by atoms with E-state index in [0.717, 1.165) is 44.0 Å². The molecule has 0 spiro atoms. The van der Waals surface area contributed by atoms with E-state index in [4.69, 9.17) is 10.5 Å². The highest BCUT2D eigenvalue weighted by atomic mass is 32.1. The molecule has 4 unspecified atom stereocenters. The van der Waals surface area contributed by atoms with Crippen LogP contribution in [-0.4, -0.2) is 72.1 Å². The molecule has 2 aromatic heterocycles. The van der Waals surface area contributed by atoms with Gasteiger partial charge in [0.2, 0.25) is 0 Å². The number of rotatable bonds is 4. The number of aliphatic hydroxyl groups is 1. The number of thiophene rings is 1. The number of benzene rings is 2. The Hall–Kier alpha value is -3.87. The van der Waals surface area contributed by atoms with Crippen LogP contribution in [0.4, 0.5) is 37.2 Å². The summed E-state index contributed by atoms with van der Waals surface area (Å²) in [7, 11) is 1.27. The molecule has 4 aliphatic rings. The van der Waals surface area contributed by atoms with Crippen molar-refractivity contribution in [3.8, 4) is 23.2 Å². The molecule has 49 heavy (non-hydrogen) atoms. The number of aliphatic hydroxyl groups excluding tert-OH is 1. The van der Waals surface area contributed by atoms with Crippen molar-refractivity contribution in [2.75, 3.05) is 50.5 Å². The lowest BCUT2D eigenvalue weighted by atomic mass is 9.85. The average Bonchev–Trinajstić information content (AvgIpc) is 3.81. The maximum Gasteiger partial charge on any atom is 0.417 e. The minimum Gasteiger partial charge on any atom is -0.467 e. The van der Waals surface area contributed by atoms with Gasteiger partial charge in [0, 0.05) is 48.6 Å². The van der Waals surface area contributed by atoms with Crippen molar-refractivity contribution in [3.05, 3.63) is 41.0 Å². The molecule has 8 nitrogen and oxygen atoms in total. The fourth-order valence-electron chi connectivity index (χ4n) is 8.35. The number of nitrogen functional groups attached to an aromatic ring is 1. The molecule has 0 amide bonds. The Bertz CT molecular complexity index is 1940. The van der Waals surface area contributed by atoms with Crippen LogP contribution in [-0.2, 0) is 6.18 Å². The summed E-state index contributed by atoms with van der Waals surface area (Å²) in [6.45, 7) is 2.74. The number of nitrogens with two attached hydrogens (primary N) is 1. The Morgan fingerprint density at radius 3 is 2.49 bits per heavy atom. The molecule has 2 bridgehead atoms. The van der Waals surface area contributed by atoms with E-state index in [0.29, 0.717) is 37.0 Å². The summed E-state index contributed by atoms with van der Waals surface area (Å²) in [6, 6.07) is 4.93. The molecule has 3 aliphatic heterocycles. The van der Waals surface area contributed by atoms with Crippen molar-refractivity contribution in [1.29, 1.82) is 5.26 Å². The first-order valence-corrected chi connectivity index (χ1v) is 17.0. The summed E-state index contributed by atoms with van der Waals surface area (Å²) in [5.41, 5.74) is 2.73. The molecule has 8 rings (SSSR count). The third-order valence-corrected chi connectivity index (χ3v) is 11.6. The summed E-state index contributed by atoms with van der Waals surface area (Å²) in [5.74, 6) is -1.67. The highest BCUT2D eigenvalue weighted by Gasteiger charge is 2.43. The SMILES string of the molecule is COc1nc(N2CC3CCC(C2)C3CO)c2cc(C(F)(F)F)c(-c3ccc(F)c4sc(N)c(C#N)c34)c(F)c2n1.FC1CC2CCCN2C1. The van der Waals surface area contributed by atoms with Crippen LogP contribution >= 0.6 is 11.3 Å². The molecule has 15 heteroatoms. The second kappa shape index (κ2) is 12.8. The fraction of sp³-hybridized carbons (Fsp3) is 0.500. The van der Waals surface area contributed by atoms with Gasteiger partial charge in [-0.25, -0.2) is 13.2 Å². The summed E-state index contributed by atoms with van der Waals surface area (Å²) in [6.07, 6.45) is -0.484. The predicted molar refractivity (Wildman–Crippen MR) is 174 cm³/mol. The van der Waals surface area contributed by atoms with Crippen molar-refractivity contribution < 1.29 is 36.2 Å². The zero-order valence-electron chi connectivity index (χ0n) is 26.5. The average molecular weight is 705 g/mol. The van der Waals surface area contributed by atoms with E-state index in [-0.39, 0.29) is 67.8 Å². The van der Waals surface area contributed by atoms with Gasteiger partial charge >= 0.3 is 12.2 Å². The molecule has 2 aromatic carbocycles. The number of nitriles is 1. The lowest BCUT2D eigenvalue weighted by Gasteiger charge is -2.38. The Morgan fingerprint density at radius 2 is 1.86 bits per heavy atom. The third kappa shape index (κ3) is 5.81. The molecule has 4 fully saturated rings. The molecule has 1 saturated carbocycles. The van der Waals surface area contributed by atoms with E-state index in [2.05, 4.69) is 14.9 Å². The number of piperidine rings is 1. The fourth-order valence-corrected chi connectivity index (χ4v) is 9.30.